The number of amides is 1. The quantitative estimate of drug-likeness (QED) is 0.363. The normalized spacial score (nSPS) is 12.9. The van der Waals surface area contributed by atoms with Crippen LogP contribution in [0, 0.1) is 10.1 Å². The minimum absolute atomic E-state index is 0.0538. The van der Waals surface area contributed by atoms with Crippen molar-refractivity contribution in [1.82, 2.24) is 5.32 Å². The Morgan fingerprint density at radius 3 is 2.32 bits per heavy atom. The Balaban J connectivity index is 0.000000250. The molecule has 2 rings (SSSR count). The number of nitrogens with zero attached hydrogens (tertiary/aromatic N) is 1. The molecule has 0 radical (unpaired) electrons. The molecule has 1 aliphatic heterocycles. The summed E-state index contributed by atoms with van der Waals surface area (Å²) in [7, 11) is 0. The van der Waals surface area contributed by atoms with E-state index in [9.17, 15) is 19.7 Å². The number of nitro groups is 1. The van der Waals surface area contributed by atoms with Crippen LogP contribution in [-0.4, -0.2) is 28.6 Å². The molecule has 0 unspecified atom stereocenters. The van der Waals surface area contributed by atoms with Crippen LogP contribution in [0.3, 0.4) is 0 Å². The van der Waals surface area contributed by atoms with Gasteiger partial charge in [0.25, 0.3) is 5.69 Å². The van der Waals surface area contributed by atoms with Crippen molar-refractivity contribution in [3.63, 3.8) is 0 Å². The largest absolute Gasteiger partial charge is 0.511 e. The van der Waals surface area contributed by atoms with E-state index in [0.29, 0.717) is 0 Å². The highest BCUT2D eigenvalue weighted by molar-refractivity contribution is 5.77. The van der Waals surface area contributed by atoms with Crippen LogP contribution < -0.4 is 10.1 Å². The van der Waals surface area contributed by atoms with E-state index in [1.165, 1.54) is 12.1 Å². The Labute approximate surface area is 108 Å². The number of carbonyl (C=O) groups excluding carboxylic acids is 1. The van der Waals surface area contributed by atoms with E-state index >= 15 is 0 Å². The number of nitrogens with one attached hydrogen (secondary N) is 1. The molecular weight excluding hydrogens is 256 g/mol. The summed E-state index contributed by atoms with van der Waals surface area (Å²) in [6, 6.07) is 4.76. The summed E-state index contributed by atoms with van der Waals surface area (Å²) in [4.78, 5) is 29.8. The number of hydrogen-bond acceptors (Lipinski definition) is 5. The van der Waals surface area contributed by atoms with Crippen LogP contribution in [0.15, 0.2) is 24.3 Å². The van der Waals surface area contributed by atoms with Gasteiger partial charge in [-0.15, -0.1) is 0 Å². The zero-order valence-electron chi connectivity index (χ0n) is 9.87. The molecule has 8 heteroatoms. The molecule has 8 nitrogen and oxygen atoms in total. The number of carbonyl (C=O) groups is 2. The van der Waals surface area contributed by atoms with Gasteiger partial charge in [0, 0.05) is 25.1 Å². The van der Waals surface area contributed by atoms with Crippen molar-refractivity contribution in [2.24, 2.45) is 0 Å². The highest BCUT2D eigenvalue weighted by Crippen LogP contribution is 2.17. The van der Waals surface area contributed by atoms with Crippen LogP contribution in [0.4, 0.5) is 10.5 Å². The third kappa shape index (κ3) is 5.48. The molecule has 1 fully saturated rings. The summed E-state index contributed by atoms with van der Waals surface area (Å²) in [5.74, 6) is 0.258. The van der Waals surface area contributed by atoms with Gasteiger partial charge in [-0.25, -0.2) is 4.79 Å². The van der Waals surface area contributed by atoms with Crippen molar-refractivity contribution in [2.75, 3.05) is 6.54 Å². The van der Waals surface area contributed by atoms with Gasteiger partial charge in [-0.3, -0.25) is 14.9 Å². The van der Waals surface area contributed by atoms with Gasteiger partial charge in [0.1, 0.15) is 5.75 Å². The summed E-state index contributed by atoms with van der Waals surface area (Å²) in [5.41, 5.74) is -0.113. The SMILES string of the molecule is O=C(O)Oc1ccc([N+](=O)[O-])cc1.O=C1CCCN1. The van der Waals surface area contributed by atoms with Crippen molar-refractivity contribution in [1.29, 1.82) is 0 Å². The third-order valence-electron chi connectivity index (χ3n) is 2.16. The molecule has 1 aromatic rings. The van der Waals surface area contributed by atoms with Crippen molar-refractivity contribution >= 4 is 17.7 Å². The Hall–Kier alpha value is -2.64. The van der Waals surface area contributed by atoms with E-state index in [2.05, 4.69) is 10.1 Å². The third-order valence-corrected chi connectivity index (χ3v) is 2.16. The fourth-order valence-electron chi connectivity index (χ4n) is 1.30. The number of benzene rings is 1. The molecule has 2 N–H and O–H groups in total. The van der Waals surface area contributed by atoms with Gasteiger partial charge < -0.3 is 15.2 Å². The van der Waals surface area contributed by atoms with Crippen LogP contribution >= 0.6 is 0 Å². The van der Waals surface area contributed by atoms with Gasteiger partial charge in [0.05, 0.1) is 4.92 Å². The summed E-state index contributed by atoms with van der Waals surface area (Å²) < 4.78 is 4.24. The number of ether oxygens (including phenoxy) is 1. The average Bonchev–Trinajstić information content (AvgIpc) is 2.81. The second-order valence-electron chi connectivity index (χ2n) is 3.57. The Morgan fingerprint density at radius 1 is 1.37 bits per heavy atom. The molecule has 1 saturated heterocycles. The maximum absolute atomic E-state index is 10.2. The molecule has 0 bridgehead atoms. The Morgan fingerprint density at radius 2 is 2.00 bits per heavy atom. The van der Waals surface area contributed by atoms with Gasteiger partial charge in [-0.05, 0) is 18.6 Å². The molecule has 0 aromatic heterocycles. The van der Waals surface area contributed by atoms with E-state index in [4.69, 9.17) is 5.11 Å². The number of hydrogen-bond donors (Lipinski definition) is 2. The highest BCUT2D eigenvalue weighted by atomic mass is 16.7. The molecule has 1 aromatic carbocycles. The number of nitro benzene ring substituents is 1. The van der Waals surface area contributed by atoms with Crippen LogP contribution in [0.5, 0.6) is 5.75 Å². The first kappa shape index (κ1) is 14.4. The van der Waals surface area contributed by atoms with E-state index in [1.54, 1.807) is 0 Å². The minimum atomic E-state index is -1.45. The highest BCUT2D eigenvalue weighted by Gasteiger charge is 2.06. The maximum Gasteiger partial charge on any atom is 0.511 e. The number of rotatable bonds is 2. The zero-order chi connectivity index (χ0) is 14.3. The second-order valence-corrected chi connectivity index (χ2v) is 3.57. The monoisotopic (exact) mass is 268 g/mol. The lowest BCUT2D eigenvalue weighted by Crippen LogP contribution is -2.12. The van der Waals surface area contributed by atoms with Gasteiger partial charge in [0.15, 0.2) is 0 Å². The lowest BCUT2D eigenvalue weighted by atomic mass is 10.3. The molecule has 19 heavy (non-hydrogen) atoms. The second kappa shape index (κ2) is 6.94. The lowest BCUT2D eigenvalue weighted by molar-refractivity contribution is -0.384. The van der Waals surface area contributed by atoms with Crippen LogP contribution in [0.25, 0.3) is 0 Å². The van der Waals surface area contributed by atoms with Crippen molar-refractivity contribution in [3.8, 4) is 5.75 Å². The fraction of sp³-hybridized carbons (Fsp3) is 0.273. The first-order valence-electron chi connectivity index (χ1n) is 5.41. The van der Waals surface area contributed by atoms with Crippen LogP contribution in [0.1, 0.15) is 12.8 Å². The summed E-state index contributed by atoms with van der Waals surface area (Å²) in [6.07, 6.45) is 0.313. The van der Waals surface area contributed by atoms with E-state index in [-0.39, 0.29) is 17.3 Å². The first-order valence-corrected chi connectivity index (χ1v) is 5.41. The Bertz CT molecular complexity index is 463. The number of non-ortho nitro benzene ring substituents is 1. The van der Waals surface area contributed by atoms with Gasteiger partial charge in [0.2, 0.25) is 5.91 Å². The van der Waals surface area contributed by atoms with Gasteiger partial charge in [-0.2, -0.15) is 0 Å². The molecule has 1 heterocycles. The van der Waals surface area contributed by atoms with Crippen molar-refractivity contribution < 1.29 is 24.4 Å². The molecule has 0 atom stereocenters. The molecule has 0 saturated carbocycles. The van der Waals surface area contributed by atoms with Crippen LogP contribution in [0.2, 0.25) is 0 Å². The molecule has 1 amide bonds. The summed E-state index contributed by atoms with van der Waals surface area (Å²) in [6.45, 7) is 0.888. The predicted octanol–water partition coefficient (Wildman–Crippen LogP) is 1.55. The summed E-state index contributed by atoms with van der Waals surface area (Å²) >= 11 is 0. The number of carboxylic acid groups (broad SMARTS) is 1. The fourth-order valence-corrected chi connectivity index (χ4v) is 1.30. The lowest BCUT2D eigenvalue weighted by Gasteiger charge is -1.97. The Kier molecular flexibility index (Phi) is 5.27. The summed E-state index contributed by atoms with van der Waals surface area (Å²) in [5, 5.41) is 21.1. The van der Waals surface area contributed by atoms with E-state index < -0.39 is 11.1 Å². The predicted molar refractivity (Wildman–Crippen MR) is 64.0 cm³/mol. The maximum atomic E-state index is 10.2. The molecule has 0 aliphatic carbocycles. The van der Waals surface area contributed by atoms with Crippen molar-refractivity contribution in [2.45, 2.75) is 12.8 Å². The van der Waals surface area contributed by atoms with E-state index in [1.807, 2.05) is 0 Å². The van der Waals surface area contributed by atoms with Crippen molar-refractivity contribution in [3.05, 3.63) is 34.4 Å². The van der Waals surface area contributed by atoms with Crippen LogP contribution in [-0.2, 0) is 4.79 Å². The van der Waals surface area contributed by atoms with Gasteiger partial charge >= 0.3 is 6.16 Å². The topological polar surface area (TPSA) is 119 Å². The molecular formula is C11H12N2O6. The first-order chi connectivity index (χ1) is 8.99. The molecule has 1 aliphatic rings. The smallest absolute Gasteiger partial charge is 0.449 e. The standard InChI is InChI=1S/C7H5NO5.C4H7NO/c9-7(10)13-6-3-1-5(2-4-6)8(11)12;6-4-2-1-3-5-4/h1-4H,(H,9,10);1-3H2,(H,5,6). The van der Waals surface area contributed by atoms with E-state index in [0.717, 1.165) is 31.5 Å². The zero-order valence-corrected chi connectivity index (χ0v) is 9.87. The average molecular weight is 268 g/mol. The molecule has 102 valence electrons. The molecule has 0 spiro atoms. The minimum Gasteiger partial charge on any atom is -0.449 e. The van der Waals surface area contributed by atoms with Gasteiger partial charge in [-0.1, -0.05) is 0 Å².